The molecule has 5 N–H and O–H groups in total. The van der Waals surface area contributed by atoms with Crippen LogP contribution in [-0.4, -0.2) is 43.2 Å². The molecule has 0 fully saturated rings. The Morgan fingerprint density at radius 3 is 2.65 bits per heavy atom. The number of hydrogen-bond donors (Lipinski definition) is 3. The van der Waals surface area contributed by atoms with Gasteiger partial charge in [-0.15, -0.1) is 0 Å². The fourth-order valence-electron chi connectivity index (χ4n) is 1.89. The Kier molecular flexibility index (Phi) is 4.34. The van der Waals surface area contributed by atoms with Crippen molar-refractivity contribution in [3.63, 3.8) is 0 Å². The minimum atomic E-state index is -0.988. The number of nitrogens with two attached hydrogens (primary N) is 2. The van der Waals surface area contributed by atoms with Gasteiger partial charge in [0.05, 0.1) is 12.9 Å². The lowest BCUT2D eigenvalue weighted by atomic mass is 10.2. The van der Waals surface area contributed by atoms with E-state index in [1.54, 1.807) is 25.3 Å². The molecule has 0 bridgehead atoms. The number of imidazole rings is 1. The summed E-state index contributed by atoms with van der Waals surface area (Å²) < 4.78 is 6.67. The molecular weight excluding hydrogens is 302 g/mol. The molecule has 1 unspecified atom stereocenters. The topological polar surface area (TPSA) is 151 Å². The third kappa shape index (κ3) is 4.05. The predicted molar refractivity (Wildman–Crippen MR) is 82.1 cm³/mol. The average molecular weight is 321 g/mol. The maximum atomic E-state index is 11.8. The highest BCUT2D eigenvalue weighted by atomic mass is 16.6. The van der Waals surface area contributed by atoms with Crippen LogP contribution in [0.3, 0.4) is 0 Å². The molecule has 2 rings (SSSR count). The number of alkyl carbamates (subject to hydrolysis) is 1. The van der Waals surface area contributed by atoms with Crippen LogP contribution in [0.5, 0.6) is 0 Å². The zero-order valence-electron chi connectivity index (χ0n) is 13.1. The maximum Gasteiger partial charge on any atom is 0.408 e. The van der Waals surface area contributed by atoms with Gasteiger partial charge in [-0.3, -0.25) is 4.79 Å². The second-order valence-electron chi connectivity index (χ2n) is 5.93. The number of amides is 2. The summed E-state index contributed by atoms with van der Waals surface area (Å²) >= 11 is 0. The van der Waals surface area contributed by atoms with E-state index in [0.717, 1.165) is 0 Å². The number of rotatable bonds is 4. The second kappa shape index (κ2) is 6.07. The van der Waals surface area contributed by atoms with Gasteiger partial charge in [0.2, 0.25) is 5.91 Å². The van der Waals surface area contributed by atoms with Crippen molar-refractivity contribution in [3.05, 3.63) is 12.7 Å². The first-order valence-electron chi connectivity index (χ1n) is 6.87. The lowest BCUT2D eigenvalue weighted by Gasteiger charge is -2.22. The Labute approximate surface area is 132 Å². The van der Waals surface area contributed by atoms with Crippen molar-refractivity contribution in [1.82, 2.24) is 24.8 Å². The largest absolute Gasteiger partial charge is 0.444 e. The SMILES string of the molecule is CC(C)(C)OC(=O)NC(Cn1cnc2c(N)ncnc21)C(N)=O. The van der Waals surface area contributed by atoms with E-state index >= 15 is 0 Å². The third-order valence-electron chi connectivity index (χ3n) is 2.84. The first-order valence-corrected chi connectivity index (χ1v) is 6.87. The number of hydrogen-bond acceptors (Lipinski definition) is 7. The number of anilines is 1. The quantitative estimate of drug-likeness (QED) is 0.704. The van der Waals surface area contributed by atoms with Gasteiger partial charge in [0.25, 0.3) is 0 Å². The number of carbonyl (C=O) groups excluding carboxylic acids is 2. The maximum absolute atomic E-state index is 11.8. The highest BCUT2D eigenvalue weighted by Gasteiger charge is 2.24. The van der Waals surface area contributed by atoms with Gasteiger partial charge >= 0.3 is 6.09 Å². The molecule has 2 aromatic heterocycles. The van der Waals surface area contributed by atoms with Gasteiger partial charge in [-0.1, -0.05) is 0 Å². The molecule has 0 aromatic carbocycles. The summed E-state index contributed by atoms with van der Waals surface area (Å²) in [6.45, 7) is 5.19. The number of nitrogens with zero attached hydrogens (tertiary/aromatic N) is 4. The van der Waals surface area contributed by atoms with Crippen molar-refractivity contribution in [2.45, 2.75) is 39.0 Å². The molecule has 2 heterocycles. The van der Waals surface area contributed by atoms with Gasteiger partial charge in [0.15, 0.2) is 11.5 Å². The minimum absolute atomic E-state index is 0.0432. The van der Waals surface area contributed by atoms with Crippen LogP contribution in [0, 0.1) is 0 Å². The molecule has 0 aliphatic heterocycles. The summed E-state index contributed by atoms with van der Waals surface area (Å²) in [6.07, 6.45) is 2.00. The Balaban J connectivity index is 2.17. The average Bonchev–Trinajstić information content (AvgIpc) is 2.80. The molecule has 2 amide bonds. The summed E-state index contributed by atoms with van der Waals surface area (Å²) in [6, 6.07) is -0.988. The molecule has 0 spiro atoms. The van der Waals surface area contributed by atoms with Crippen molar-refractivity contribution in [1.29, 1.82) is 0 Å². The smallest absolute Gasteiger partial charge is 0.408 e. The Morgan fingerprint density at radius 1 is 1.35 bits per heavy atom. The zero-order valence-corrected chi connectivity index (χ0v) is 13.1. The minimum Gasteiger partial charge on any atom is -0.444 e. The standard InChI is InChI=1S/C13H19N7O3/c1-13(2,3)23-12(22)19-7(10(15)21)4-20-6-18-8-9(14)16-5-17-11(8)20/h5-7H,4H2,1-3H3,(H2,15,21)(H,19,22)(H2,14,16,17). The van der Waals surface area contributed by atoms with E-state index in [1.807, 2.05) is 0 Å². The molecule has 1 atom stereocenters. The molecule has 124 valence electrons. The summed E-state index contributed by atoms with van der Waals surface area (Å²) in [5.41, 5.74) is 11.2. The Bertz CT molecular complexity index is 735. The fraction of sp³-hybridized carbons (Fsp3) is 0.462. The third-order valence-corrected chi connectivity index (χ3v) is 2.84. The van der Waals surface area contributed by atoms with Gasteiger partial charge in [-0.2, -0.15) is 0 Å². The first-order chi connectivity index (χ1) is 10.7. The van der Waals surface area contributed by atoms with E-state index in [2.05, 4.69) is 20.3 Å². The molecule has 0 aliphatic carbocycles. The van der Waals surface area contributed by atoms with E-state index in [1.165, 1.54) is 12.7 Å². The number of primary amides is 1. The van der Waals surface area contributed by atoms with Gasteiger partial charge in [0.1, 0.15) is 23.5 Å². The molecule has 2 aromatic rings. The highest BCUT2D eigenvalue weighted by molar-refractivity contribution is 5.85. The highest BCUT2D eigenvalue weighted by Crippen LogP contribution is 2.14. The molecule has 23 heavy (non-hydrogen) atoms. The number of aromatic nitrogens is 4. The summed E-state index contributed by atoms with van der Waals surface area (Å²) in [7, 11) is 0. The van der Waals surface area contributed by atoms with Crippen LogP contribution in [0.1, 0.15) is 20.8 Å². The molecule has 0 radical (unpaired) electrons. The normalized spacial score (nSPS) is 12.8. The van der Waals surface area contributed by atoms with Gasteiger partial charge < -0.3 is 26.1 Å². The van der Waals surface area contributed by atoms with Crippen LogP contribution in [0.25, 0.3) is 11.2 Å². The molecule has 10 heteroatoms. The zero-order chi connectivity index (χ0) is 17.2. The van der Waals surface area contributed by atoms with Crippen LogP contribution in [0.15, 0.2) is 12.7 Å². The van der Waals surface area contributed by atoms with Crippen molar-refractivity contribution in [3.8, 4) is 0 Å². The van der Waals surface area contributed by atoms with Crippen molar-refractivity contribution < 1.29 is 14.3 Å². The van der Waals surface area contributed by atoms with Gasteiger partial charge in [-0.05, 0) is 20.8 Å². The number of nitrogen functional groups attached to an aromatic ring is 1. The molecular formula is C13H19N7O3. The van der Waals surface area contributed by atoms with Gasteiger partial charge in [0, 0.05) is 0 Å². The summed E-state index contributed by atoms with van der Waals surface area (Å²) in [5.74, 6) is -0.482. The van der Waals surface area contributed by atoms with Crippen molar-refractivity contribution >= 4 is 29.0 Å². The molecule has 0 aliphatic rings. The Morgan fingerprint density at radius 2 is 2.04 bits per heavy atom. The number of fused-ring (bicyclic) bond motifs is 1. The van der Waals surface area contributed by atoms with Crippen LogP contribution < -0.4 is 16.8 Å². The van der Waals surface area contributed by atoms with Crippen molar-refractivity contribution in [2.24, 2.45) is 5.73 Å². The molecule has 10 nitrogen and oxygen atoms in total. The summed E-state index contributed by atoms with van der Waals surface area (Å²) in [4.78, 5) is 35.4. The van der Waals surface area contributed by atoms with E-state index in [9.17, 15) is 9.59 Å². The second-order valence-corrected chi connectivity index (χ2v) is 5.93. The van der Waals surface area contributed by atoms with Crippen molar-refractivity contribution in [2.75, 3.05) is 5.73 Å². The van der Waals surface area contributed by atoms with Crippen LogP contribution in [-0.2, 0) is 16.1 Å². The lowest BCUT2D eigenvalue weighted by Crippen LogP contribution is -2.48. The van der Waals surface area contributed by atoms with E-state index in [4.69, 9.17) is 16.2 Å². The van der Waals surface area contributed by atoms with E-state index in [-0.39, 0.29) is 12.4 Å². The van der Waals surface area contributed by atoms with Crippen LogP contribution in [0.4, 0.5) is 10.6 Å². The number of carbonyl (C=O) groups is 2. The summed E-state index contributed by atoms with van der Waals surface area (Å²) in [5, 5.41) is 2.43. The monoisotopic (exact) mass is 321 g/mol. The number of ether oxygens (including phenoxy) is 1. The van der Waals surface area contributed by atoms with E-state index < -0.39 is 23.6 Å². The first kappa shape index (κ1) is 16.5. The predicted octanol–water partition coefficient (Wildman–Crippen LogP) is -0.213. The van der Waals surface area contributed by atoms with Crippen LogP contribution in [0.2, 0.25) is 0 Å². The fourth-order valence-corrected chi connectivity index (χ4v) is 1.89. The molecule has 0 saturated carbocycles. The van der Waals surface area contributed by atoms with Crippen LogP contribution >= 0.6 is 0 Å². The Hall–Kier alpha value is -2.91. The number of nitrogens with one attached hydrogen (secondary N) is 1. The molecule has 0 saturated heterocycles. The van der Waals surface area contributed by atoms with E-state index in [0.29, 0.717) is 11.2 Å². The van der Waals surface area contributed by atoms with Gasteiger partial charge in [-0.25, -0.2) is 19.7 Å². The lowest BCUT2D eigenvalue weighted by molar-refractivity contribution is -0.120.